The zero-order valence-electron chi connectivity index (χ0n) is 5.35. The molecule has 52 valence electrons. The highest BCUT2D eigenvalue weighted by molar-refractivity contribution is 9.09. The van der Waals surface area contributed by atoms with Gasteiger partial charge in [0.25, 0.3) is 0 Å². The average Bonchev–Trinajstić information content (AvgIpc) is 1.61. The Balaban J connectivity index is 0. The van der Waals surface area contributed by atoms with E-state index in [9.17, 15) is 0 Å². The summed E-state index contributed by atoms with van der Waals surface area (Å²) in [4.78, 5) is 2.18. The molecule has 0 saturated carbocycles. The third-order valence-electron chi connectivity index (χ3n) is 0.739. The maximum absolute atomic E-state index is 3.35. The first-order chi connectivity index (χ1) is 3.27. The van der Waals surface area contributed by atoms with E-state index in [4.69, 9.17) is 0 Å². The summed E-state index contributed by atoms with van der Waals surface area (Å²) in [7, 11) is 4.17. The Hall–Kier alpha value is 0.730. The molecular weight excluding hydrogens is 189 g/mol. The minimum Gasteiger partial charge on any atom is -0.309 e. The van der Waals surface area contributed by atoms with E-state index < -0.39 is 0 Å². The van der Waals surface area contributed by atoms with Crippen molar-refractivity contribution in [2.75, 3.05) is 26.0 Å². The molecule has 0 atom stereocenters. The molecule has 0 aromatic heterocycles. The molecule has 0 radical (unpaired) electrons. The third kappa shape index (κ3) is 9.88. The van der Waals surface area contributed by atoms with Gasteiger partial charge in [-0.15, -0.1) is 12.4 Å². The molecule has 0 aromatic rings. The van der Waals surface area contributed by atoms with Gasteiger partial charge in [0.2, 0.25) is 0 Å². The molecule has 0 amide bonds. The summed E-state index contributed by atoms with van der Waals surface area (Å²) in [5.41, 5.74) is 0. The predicted octanol–water partition coefficient (Wildman–Crippen LogP) is 1.75. The lowest BCUT2D eigenvalue weighted by Crippen LogP contribution is -2.12. The van der Waals surface area contributed by atoms with Crippen LogP contribution < -0.4 is 0 Å². The molecule has 0 rings (SSSR count). The number of hydrogen-bond donors (Lipinski definition) is 0. The monoisotopic (exact) mass is 201 g/mol. The molecule has 0 bridgehead atoms. The second-order valence-corrected chi connectivity index (χ2v) is 2.64. The van der Waals surface area contributed by atoms with E-state index >= 15 is 0 Å². The van der Waals surface area contributed by atoms with Crippen LogP contribution in [0.1, 0.15) is 6.42 Å². The van der Waals surface area contributed by atoms with Crippen molar-refractivity contribution in [3.05, 3.63) is 0 Å². The smallest absolute Gasteiger partial charge is 0.00434 e. The highest BCUT2D eigenvalue weighted by Crippen LogP contribution is 1.87. The molecule has 0 heterocycles. The van der Waals surface area contributed by atoms with Crippen molar-refractivity contribution in [1.82, 2.24) is 4.90 Å². The summed E-state index contributed by atoms with van der Waals surface area (Å²) in [6.45, 7) is 1.19. The Kier molecular flexibility index (Phi) is 11.1. The number of nitrogens with zero attached hydrogens (tertiary/aromatic N) is 1. The fourth-order valence-electron chi connectivity index (χ4n) is 0.376. The average molecular weight is 203 g/mol. The van der Waals surface area contributed by atoms with E-state index in [1.54, 1.807) is 0 Å². The van der Waals surface area contributed by atoms with Crippen LogP contribution in [-0.4, -0.2) is 30.9 Å². The molecule has 0 aliphatic carbocycles. The number of alkyl halides is 1. The Morgan fingerprint density at radius 1 is 1.38 bits per heavy atom. The maximum atomic E-state index is 3.35. The van der Waals surface area contributed by atoms with Crippen LogP contribution in [0, 0.1) is 0 Å². The van der Waals surface area contributed by atoms with Crippen LogP contribution in [0.15, 0.2) is 0 Å². The predicted molar refractivity (Wildman–Crippen MR) is 44.2 cm³/mol. The van der Waals surface area contributed by atoms with E-state index in [0.717, 1.165) is 5.33 Å². The molecule has 0 aromatic carbocycles. The van der Waals surface area contributed by atoms with Gasteiger partial charge in [-0.1, -0.05) is 15.9 Å². The number of halogens is 2. The van der Waals surface area contributed by atoms with Gasteiger partial charge in [-0.2, -0.15) is 0 Å². The fourth-order valence-corrected chi connectivity index (χ4v) is 0.627. The van der Waals surface area contributed by atoms with E-state index in [0.29, 0.717) is 0 Å². The van der Waals surface area contributed by atoms with Crippen LogP contribution in [0.2, 0.25) is 0 Å². The van der Waals surface area contributed by atoms with Crippen LogP contribution in [-0.2, 0) is 0 Å². The van der Waals surface area contributed by atoms with E-state index in [2.05, 4.69) is 34.9 Å². The lowest BCUT2D eigenvalue weighted by Gasteiger charge is -2.05. The van der Waals surface area contributed by atoms with Crippen LogP contribution in [0.25, 0.3) is 0 Å². The molecule has 1 nitrogen and oxygen atoms in total. The van der Waals surface area contributed by atoms with Gasteiger partial charge in [-0.05, 0) is 27.1 Å². The van der Waals surface area contributed by atoms with Gasteiger partial charge in [0.15, 0.2) is 0 Å². The summed E-state index contributed by atoms with van der Waals surface area (Å²) in [6, 6.07) is 0. The summed E-state index contributed by atoms with van der Waals surface area (Å²) in [6.07, 6.45) is 1.24. The summed E-state index contributed by atoms with van der Waals surface area (Å²) >= 11 is 3.35. The lowest BCUT2D eigenvalue weighted by atomic mass is 10.5. The van der Waals surface area contributed by atoms with Crippen molar-refractivity contribution < 1.29 is 0 Å². The minimum absolute atomic E-state index is 0. The van der Waals surface area contributed by atoms with Gasteiger partial charge in [-0.25, -0.2) is 0 Å². The first-order valence-corrected chi connectivity index (χ1v) is 3.60. The van der Waals surface area contributed by atoms with Gasteiger partial charge >= 0.3 is 0 Å². The summed E-state index contributed by atoms with van der Waals surface area (Å²) < 4.78 is 0. The van der Waals surface area contributed by atoms with Crippen molar-refractivity contribution in [1.29, 1.82) is 0 Å². The van der Waals surface area contributed by atoms with Gasteiger partial charge in [0, 0.05) is 5.33 Å². The Morgan fingerprint density at radius 3 is 2.00 bits per heavy atom. The quantitative estimate of drug-likeness (QED) is 0.631. The Bertz CT molecular complexity index is 41.4. The largest absolute Gasteiger partial charge is 0.309 e. The summed E-state index contributed by atoms with van der Waals surface area (Å²) in [5, 5.41) is 1.12. The van der Waals surface area contributed by atoms with Crippen molar-refractivity contribution in [2.45, 2.75) is 6.42 Å². The zero-order valence-corrected chi connectivity index (χ0v) is 7.76. The molecule has 0 unspecified atom stereocenters. The first-order valence-electron chi connectivity index (χ1n) is 2.48. The minimum atomic E-state index is 0. The molecule has 0 N–H and O–H groups in total. The Labute approximate surface area is 66.0 Å². The van der Waals surface area contributed by atoms with E-state index in [1.807, 2.05) is 0 Å². The van der Waals surface area contributed by atoms with Crippen molar-refractivity contribution in [3.63, 3.8) is 0 Å². The molecule has 0 spiro atoms. The van der Waals surface area contributed by atoms with Crippen molar-refractivity contribution in [2.24, 2.45) is 0 Å². The van der Waals surface area contributed by atoms with Crippen LogP contribution in [0.3, 0.4) is 0 Å². The molecule has 3 heteroatoms. The van der Waals surface area contributed by atoms with E-state index in [1.165, 1.54) is 13.0 Å². The van der Waals surface area contributed by atoms with Crippen molar-refractivity contribution in [3.8, 4) is 0 Å². The van der Waals surface area contributed by atoms with E-state index in [-0.39, 0.29) is 12.4 Å². The van der Waals surface area contributed by atoms with Gasteiger partial charge in [0.1, 0.15) is 0 Å². The molecule has 0 aliphatic rings. The normalized spacial score (nSPS) is 9.00. The molecule has 0 fully saturated rings. The fraction of sp³-hybridized carbons (Fsp3) is 1.00. The van der Waals surface area contributed by atoms with Crippen molar-refractivity contribution >= 4 is 28.3 Å². The highest BCUT2D eigenvalue weighted by Gasteiger charge is 1.84. The highest BCUT2D eigenvalue weighted by atomic mass is 79.9. The lowest BCUT2D eigenvalue weighted by molar-refractivity contribution is 0.410. The Morgan fingerprint density at radius 2 is 1.88 bits per heavy atom. The van der Waals surface area contributed by atoms with Gasteiger partial charge in [0.05, 0.1) is 0 Å². The summed E-state index contributed by atoms with van der Waals surface area (Å²) in [5.74, 6) is 0. The first kappa shape index (κ1) is 11.5. The van der Waals surface area contributed by atoms with Gasteiger partial charge in [-0.3, -0.25) is 0 Å². The molecule has 8 heavy (non-hydrogen) atoms. The number of hydrogen-bond acceptors (Lipinski definition) is 1. The maximum Gasteiger partial charge on any atom is 0.00434 e. The van der Waals surface area contributed by atoms with Crippen LogP contribution in [0.5, 0.6) is 0 Å². The van der Waals surface area contributed by atoms with Crippen LogP contribution >= 0.6 is 28.3 Å². The second-order valence-electron chi connectivity index (χ2n) is 1.85. The standard InChI is InChI=1S/C5H12BrN.ClH/c1-7(2)5-3-4-6;/h3-5H2,1-2H3;1H. The van der Waals surface area contributed by atoms with Crippen LogP contribution in [0.4, 0.5) is 0 Å². The topological polar surface area (TPSA) is 3.24 Å². The number of rotatable bonds is 3. The zero-order chi connectivity index (χ0) is 5.70. The van der Waals surface area contributed by atoms with Gasteiger partial charge < -0.3 is 4.90 Å². The molecular formula is C5H13BrClN. The second kappa shape index (κ2) is 7.73. The third-order valence-corrected chi connectivity index (χ3v) is 1.30. The molecule has 0 aliphatic heterocycles. The molecule has 0 saturated heterocycles. The SMILES string of the molecule is CN(C)CCCBr.Cl.